The third-order valence-electron chi connectivity index (χ3n) is 5.59. The van der Waals surface area contributed by atoms with E-state index < -0.39 is 17.7 Å². The Labute approximate surface area is 222 Å². The summed E-state index contributed by atoms with van der Waals surface area (Å²) in [6, 6.07) is 21.4. The number of rotatable bonds is 6. The number of halogens is 2. The van der Waals surface area contributed by atoms with Crippen LogP contribution in [-0.2, 0) is 15.3 Å². The molecule has 4 aromatic rings. The Kier molecular flexibility index (Phi) is 6.99. The lowest BCUT2D eigenvalue weighted by Crippen LogP contribution is -2.29. The van der Waals surface area contributed by atoms with Crippen molar-refractivity contribution in [3.05, 3.63) is 111 Å². The normalized spacial score (nSPS) is 17.1. The maximum atomic E-state index is 14.0. The van der Waals surface area contributed by atoms with Gasteiger partial charge in [-0.05, 0) is 29.3 Å². The van der Waals surface area contributed by atoms with E-state index >= 15 is 0 Å². The van der Waals surface area contributed by atoms with E-state index in [1.54, 1.807) is 72.8 Å². The highest BCUT2D eigenvalue weighted by Gasteiger charge is 2.48. The first kappa shape index (κ1) is 24.4. The van der Waals surface area contributed by atoms with Gasteiger partial charge < -0.3 is 5.11 Å². The quantitative estimate of drug-likeness (QED) is 0.0937. The lowest BCUT2D eigenvalue weighted by molar-refractivity contribution is -0.132. The van der Waals surface area contributed by atoms with Gasteiger partial charge in [-0.2, -0.15) is 0 Å². The molecule has 1 aromatic heterocycles. The number of anilines is 1. The standard InChI is InChI=1S/C26H17BrFN3O3S2/c27-18-12-10-15(11-13-18)21-20(22(32)16-6-2-1-3-7-16)23(33)24(34)31(21)25-29-30-26(36-25)35-14-17-8-4-5-9-19(17)28/h1-13,21,32H,14H2/b22-20-. The number of carbonyl (C=O) groups is 2. The molecular formula is C26H17BrFN3O3S2. The molecule has 0 bridgehead atoms. The summed E-state index contributed by atoms with van der Waals surface area (Å²) in [4.78, 5) is 27.7. The summed E-state index contributed by atoms with van der Waals surface area (Å²) in [7, 11) is 0. The number of Topliss-reactive ketones (excluding diaryl/α,β-unsaturated/α-hetero) is 1. The first-order chi connectivity index (χ1) is 17.4. The van der Waals surface area contributed by atoms with E-state index in [0.717, 1.165) is 15.8 Å². The lowest BCUT2D eigenvalue weighted by Gasteiger charge is -2.22. The van der Waals surface area contributed by atoms with Gasteiger partial charge in [0.15, 0.2) is 4.34 Å². The first-order valence-electron chi connectivity index (χ1n) is 10.8. The molecule has 36 heavy (non-hydrogen) atoms. The van der Waals surface area contributed by atoms with Gasteiger partial charge in [0.25, 0.3) is 5.78 Å². The van der Waals surface area contributed by atoms with Crippen molar-refractivity contribution in [1.29, 1.82) is 0 Å². The minimum absolute atomic E-state index is 0.0238. The Hall–Kier alpha value is -3.34. The van der Waals surface area contributed by atoms with Gasteiger partial charge in [-0.1, -0.05) is 99.7 Å². The summed E-state index contributed by atoms with van der Waals surface area (Å²) in [5.74, 6) is -1.84. The monoisotopic (exact) mass is 581 g/mol. The van der Waals surface area contributed by atoms with Gasteiger partial charge in [-0.25, -0.2) is 4.39 Å². The summed E-state index contributed by atoms with van der Waals surface area (Å²) in [5.41, 5.74) is 1.56. The predicted octanol–water partition coefficient (Wildman–Crippen LogP) is 6.36. The van der Waals surface area contributed by atoms with Gasteiger partial charge in [0.1, 0.15) is 11.6 Å². The number of benzene rings is 3. The van der Waals surface area contributed by atoms with Gasteiger partial charge in [0, 0.05) is 15.8 Å². The summed E-state index contributed by atoms with van der Waals surface area (Å²) >= 11 is 5.82. The highest BCUT2D eigenvalue weighted by atomic mass is 79.9. The Morgan fingerprint density at radius 3 is 2.42 bits per heavy atom. The minimum atomic E-state index is -0.893. The van der Waals surface area contributed by atoms with Crippen molar-refractivity contribution in [3.8, 4) is 0 Å². The molecule has 1 unspecified atom stereocenters. The van der Waals surface area contributed by atoms with Crippen molar-refractivity contribution < 1.29 is 19.1 Å². The molecule has 1 aliphatic rings. The van der Waals surface area contributed by atoms with Crippen LogP contribution < -0.4 is 4.90 Å². The number of thioether (sulfide) groups is 1. The Bertz CT molecular complexity index is 1480. The zero-order chi connectivity index (χ0) is 25.2. The molecule has 0 aliphatic carbocycles. The van der Waals surface area contributed by atoms with Crippen LogP contribution in [-0.4, -0.2) is 27.0 Å². The highest BCUT2D eigenvalue weighted by molar-refractivity contribution is 9.10. The largest absolute Gasteiger partial charge is 0.507 e. The fourth-order valence-corrected chi connectivity index (χ4v) is 5.97. The second-order valence-electron chi connectivity index (χ2n) is 7.82. The molecule has 1 aliphatic heterocycles. The van der Waals surface area contributed by atoms with Crippen LogP contribution in [0, 0.1) is 5.82 Å². The molecule has 180 valence electrons. The third-order valence-corrected chi connectivity index (χ3v) is 8.22. The zero-order valence-electron chi connectivity index (χ0n) is 18.5. The van der Waals surface area contributed by atoms with Crippen molar-refractivity contribution in [2.24, 2.45) is 0 Å². The van der Waals surface area contributed by atoms with Crippen molar-refractivity contribution >= 4 is 61.6 Å². The molecule has 1 saturated heterocycles. The Balaban J connectivity index is 1.54. The third kappa shape index (κ3) is 4.71. The predicted molar refractivity (Wildman–Crippen MR) is 141 cm³/mol. The number of nitrogens with zero attached hydrogens (tertiary/aromatic N) is 3. The Morgan fingerprint density at radius 2 is 1.69 bits per heavy atom. The minimum Gasteiger partial charge on any atom is -0.507 e. The van der Waals surface area contributed by atoms with Crippen LogP contribution in [0.4, 0.5) is 9.52 Å². The molecule has 0 saturated carbocycles. The topological polar surface area (TPSA) is 83.4 Å². The highest BCUT2D eigenvalue weighted by Crippen LogP contribution is 2.44. The fourth-order valence-electron chi connectivity index (χ4n) is 3.85. The number of aliphatic hydroxyl groups excluding tert-OH is 1. The number of hydrogen-bond acceptors (Lipinski definition) is 7. The second kappa shape index (κ2) is 10.3. The van der Waals surface area contributed by atoms with Crippen LogP contribution in [0.2, 0.25) is 0 Å². The van der Waals surface area contributed by atoms with Crippen LogP contribution in [0.15, 0.2) is 93.2 Å². The maximum Gasteiger partial charge on any atom is 0.301 e. The molecule has 1 N–H and O–H groups in total. The summed E-state index contributed by atoms with van der Waals surface area (Å²) in [6.07, 6.45) is 0. The van der Waals surface area contributed by atoms with Gasteiger partial charge in [0.05, 0.1) is 11.6 Å². The van der Waals surface area contributed by atoms with E-state index in [2.05, 4.69) is 26.1 Å². The number of aromatic nitrogens is 2. The van der Waals surface area contributed by atoms with E-state index in [0.29, 0.717) is 26.8 Å². The molecule has 6 nitrogen and oxygen atoms in total. The van der Waals surface area contributed by atoms with Crippen molar-refractivity contribution in [2.45, 2.75) is 16.1 Å². The zero-order valence-corrected chi connectivity index (χ0v) is 21.7. The van der Waals surface area contributed by atoms with Crippen LogP contribution >= 0.6 is 39.0 Å². The van der Waals surface area contributed by atoms with Gasteiger partial charge in [-0.15, -0.1) is 10.2 Å². The van der Waals surface area contributed by atoms with E-state index in [4.69, 9.17) is 0 Å². The summed E-state index contributed by atoms with van der Waals surface area (Å²) < 4.78 is 15.3. The molecule has 0 spiro atoms. The summed E-state index contributed by atoms with van der Waals surface area (Å²) in [5, 5.41) is 19.6. The molecule has 10 heteroatoms. The lowest BCUT2D eigenvalue weighted by atomic mass is 9.95. The van der Waals surface area contributed by atoms with E-state index in [1.807, 2.05) is 0 Å². The van der Waals surface area contributed by atoms with Gasteiger partial charge in [-0.3, -0.25) is 14.5 Å². The van der Waals surface area contributed by atoms with Crippen LogP contribution in [0.3, 0.4) is 0 Å². The van der Waals surface area contributed by atoms with Gasteiger partial charge >= 0.3 is 5.91 Å². The fraction of sp³-hybridized carbons (Fsp3) is 0.0769. The number of ketones is 1. The maximum absolute atomic E-state index is 14.0. The van der Waals surface area contributed by atoms with Crippen molar-refractivity contribution in [3.63, 3.8) is 0 Å². The smallest absolute Gasteiger partial charge is 0.301 e. The van der Waals surface area contributed by atoms with Crippen LogP contribution in [0.5, 0.6) is 0 Å². The first-order valence-corrected chi connectivity index (χ1v) is 13.3. The number of amides is 1. The molecule has 1 amide bonds. The van der Waals surface area contributed by atoms with Gasteiger partial charge in [0.2, 0.25) is 5.13 Å². The second-order valence-corrected chi connectivity index (χ2v) is 10.9. The molecule has 2 heterocycles. The van der Waals surface area contributed by atoms with E-state index in [1.165, 1.54) is 22.7 Å². The molecule has 5 rings (SSSR count). The molecule has 1 fully saturated rings. The van der Waals surface area contributed by atoms with Crippen molar-refractivity contribution in [1.82, 2.24) is 10.2 Å². The van der Waals surface area contributed by atoms with E-state index in [-0.39, 0.29) is 22.3 Å². The average molecular weight is 582 g/mol. The number of hydrogen-bond donors (Lipinski definition) is 1. The van der Waals surface area contributed by atoms with Crippen LogP contribution in [0.1, 0.15) is 22.7 Å². The average Bonchev–Trinajstić information content (AvgIpc) is 3.46. The number of aliphatic hydroxyl groups is 1. The van der Waals surface area contributed by atoms with E-state index in [9.17, 15) is 19.1 Å². The Morgan fingerprint density at radius 1 is 1.00 bits per heavy atom. The van der Waals surface area contributed by atoms with Crippen LogP contribution in [0.25, 0.3) is 5.76 Å². The molecule has 0 radical (unpaired) electrons. The summed E-state index contributed by atoms with van der Waals surface area (Å²) in [6.45, 7) is 0. The molecule has 1 atom stereocenters. The number of carbonyl (C=O) groups excluding carboxylic acids is 2. The SMILES string of the molecule is O=C1C(=O)N(c2nnc(SCc3ccccc3F)s2)C(c2ccc(Br)cc2)/C1=C(/O)c1ccccc1. The molecular weight excluding hydrogens is 565 g/mol. The molecule has 3 aromatic carbocycles. The van der Waals surface area contributed by atoms with Crippen molar-refractivity contribution in [2.75, 3.05) is 4.90 Å².